The van der Waals surface area contributed by atoms with Crippen molar-refractivity contribution in [3.63, 3.8) is 0 Å². The second kappa shape index (κ2) is 7.06. The number of rotatable bonds is 7. The summed E-state index contributed by atoms with van der Waals surface area (Å²) in [6, 6.07) is 9.39. The van der Waals surface area contributed by atoms with Crippen LogP contribution in [0.25, 0.3) is 0 Å². The second-order valence-electron chi connectivity index (χ2n) is 6.10. The van der Waals surface area contributed by atoms with E-state index < -0.39 is 0 Å². The summed E-state index contributed by atoms with van der Waals surface area (Å²) in [4.78, 5) is 2.50. The lowest BCUT2D eigenvalue weighted by atomic mass is 9.85. The lowest BCUT2D eigenvalue weighted by Crippen LogP contribution is -2.32. The van der Waals surface area contributed by atoms with Gasteiger partial charge in [-0.05, 0) is 58.3 Å². The molecular formula is C17H28N2. The van der Waals surface area contributed by atoms with Crippen LogP contribution in [0.1, 0.15) is 42.9 Å². The van der Waals surface area contributed by atoms with Gasteiger partial charge in [-0.25, -0.2) is 0 Å². The van der Waals surface area contributed by atoms with Crippen molar-refractivity contribution >= 4 is 0 Å². The number of hydrogen-bond acceptors (Lipinski definition) is 2. The fraction of sp³-hybridized carbons (Fsp3) is 0.647. The van der Waals surface area contributed by atoms with E-state index in [1.54, 1.807) is 0 Å². The lowest BCUT2D eigenvalue weighted by molar-refractivity contribution is 0.199. The molecule has 1 aromatic rings. The summed E-state index contributed by atoms with van der Waals surface area (Å²) in [6.45, 7) is 4.60. The highest BCUT2D eigenvalue weighted by Crippen LogP contribution is 2.27. The molecule has 1 fully saturated rings. The minimum absolute atomic E-state index is 0.476. The van der Waals surface area contributed by atoms with Crippen LogP contribution < -0.4 is 5.32 Å². The van der Waals surface area contributed by atoms with E-state index in [0.29, 0.717) is 6.04 Å². The van der Waals surface area contributed by atoms with Crippen molar-refractivity contribution in [2.24, 2.45) is 5.92 Å². The molecule has 0 radical (unpaired) electrons. The number of nitrogens with one attached hydrogen (secondary N) is 1. The maximum absolute atomic E-state index is 3.45. The molecule has 106 valence electrons. The summed E-state index contributed by atoms with van der Waals surface area (Å²) in [6.07, 6.45) is 5.51. The van der Waals surface area contributed by atoms with Gasteiger partial charge in [0.25, 0.3) is 0 Å². The van der Waals surface area contributed by atoms with Crippen LogP contribution in [0.2, 0.25) is 0 Å². The van der Waals surface area contributed by atoms with Gasteiger partial charge in [0.1, 0.15) is 0 Å². The van der Waals surface area contributed by atoms with Gasteiger partial charge in [0.05, 0.1) is 0 Å². The molecule has 0 bridgehead atoms. The molecule has 0 heterocycles. The van der Waals surface area contributed by atoms with E-state index in [1.807, 2.05) is 0 Å². The zero-order valence-electron chi connectivity index (χ0n) is 12.7. The first-order chi connectivity index (χ1) is 9.19. The van der Waals surface area contributed by atoms with E-state index in [2.05, 4.69) is 55.5 Å². The third-order valence-electron chi connectivity index (χ3n) is 4.42. The SMILES string of the molecule is CNC(CCN(C)CC1CCC1)c1ccc(C)cc1. The number of aryl methyl sites for hydroxylation is 1. The first-order valence-electron chi connectivity index (χ1n) is 7.61. The molecule has 2 heteroatoms. The summed E-state index contributed by atoms with van der Waals surface area (Å²) in [5, 5.41) is 3.45. The van der Waals surface area contributed by atoms with Crippen molar-refractivity contribution in [2.75, 3.05) is 27.2 Å². The Labute approximate surface area is 118 Å². The smallest absolute Gasteiger partial charge is 0.0329 e. The van der Waals surface area contributed by atoms with Crippen LogP contribution in [0.15, 0.2) is 24.3 Å². The average molecular weight is 260 g/mol. The van der Waals surface area contributed by atoms with Gasteiger partial charge in [-0.2, -0.15) is 0 Å². The van der Waals surface area contributed by atoms with Crippen molar-refractivity contribution in [1.29, 1.82) is 0 Å². The zero-order valence-corrected chi connectivity index (χ0v) is 12.7. The van der Waals surface area contributed by atoms with Gasteiger partial charge in [0.15, 0.2) is 0 Å². The van der Waals surface area contributed by atoms with Crippen LogP contribution in [0.4, 0.5) is 0 Å². The van der Waals surface area contributed by atoms with Crippen molar-refractivity contribution in [3.05, 3.63) is 35.4 Å². The Hall–Kier alpha value is -0.860. The summed E-state index contributed by atoms with van der Waals surface area (Å²) in [5.74, 6) is 0.970. The lowest BCUT2D eigenvalue weighted by Gasteiger charge is -2.31. The van der Waals surface area contributed by atoms with E-state index in [4.69, 9.17) is 0 Å². The quantitative estimate of drug-likeness (QED) is 0.808. The van der Waals surface area contributed by atoms with Gasteiger partial charge in [0.2, 0.25) is 0 Å². The fourth-order valence-electron chi connectivity index (χ4n) is 2.83. The van der Waals surface area contributed by atoms with Gasteiger partial charge in [-0.1, -0.05) is 36.2 Å². The molecule has 1 saturated carbocycles. The Bertz CT molecular complexity index is 367. The Kier molecular flexibility index (Phi) is 5.41. The van der Waals surface area contributed by atoms with Gasteiger partial charge in [-0.15, -0.1) is 0 Å². The predicted molar refractivity (Wildman–Crippen MR) is 82.4 cm³/mol. The monoisotopic (exact) mass is 260 g/mol. The average Bonchev–Trinajstić information content (AvgIpc) is 2.36. The number of hydrogen-bond donors (Lipinski definition) is 1. The first-order valence-corrected chi connectivity index (χ1v) is 7.61. The largest absolute Gasteiger partial charge is 0.313 e. The van der Waals surface area contributed by atoms with Crippen molar-refractivity contribution in [2.45, 2.75) is 38.6 Å². The van der Waals surface area contributed by atoms with Gasteiger partial charge in [0, 0.05) is 12.6 Å². The standard InChI is InChI=1S/C17H28N2/c1-14-7-9-16(10-8-14)17(18-2)11-12-19(3)13-15-5-4-6-15/h7-10,15,17-18H,4-6,11-13H2,1-3H3. The maximum Gasteiger partial charge on any atom is 0.0329 e. The van der Waals surface area contributed by atoms with Crippen LogP contribution in [0.3, 0.4) is 0 Å². The van der Waals surface area contributed by atoms with Crippen molar-refractivity contribution < 1.29 is 0 Å². The minimum Gasteiger partial charge on any atom is -0.313 e. The Morgan fingerprint density at radius 2 is 1.95 bits per heavy atom. The number of nitrogens with zero attached hydrogens (tertiary/aromatic N) is 1. The Morgan fingerprint density at radius 1 is 1.26 bits per heavy atom. The molecule has 0 aliphatic heterocycles. The van der Waals surface area contributed by atoms with Crippen molar-refractivity contribution in [3.8, 4) is 0 Å². The van der Waals surface area contributed by atoms with E-state index in [0.717, 1.165) is 5.92 Å². The van der Waals surface area contributed by atoms with Crippen molar-refractivity contribution in [1.82, 2.24) is 10.2 Å². The molecular weight excluding hydrogens is 232 g/mol. The highest BCUT2D eigenvalue weighted by molar-refractivity contribution is 5.24. The first kappa shape index (κ1) is 14.5. The summed E-state index contributed by atoms with van der Waals surface area (Å²) >= 11 is 0. The highest BCUT2D eigenvalue weighted by Gasteiger charge is 2.19. The van der Waals surface area contributed by atoms with Crippen LogP contribution in [0.5, 0.6) is 0 Å². The highest BCUT2D eigenvalue weighted by atomic mass is 15.1. The molecule has 19 heavy (non-hydrogen) atoms. The van der Waals surface area contributed by atoms with Crippen LogP contribution in [-0.4, -0.2) is 32.1 Å². The molecule has 0 spiro atoms. The fourth-order valence-corrected chi connectivity index (χ4v) is 2.83. The molecule has 1 aromatic carbocycles. The molecule has 1 unspecified atom stereocenters. The third-order valence-corrected chi connectivity index (χ3v) is 4.42. The molecule has 1 aliphatic rings. The predicted octanol–water partition coefficient (Wildman–Crippen LogP) is 3.38. The minimum atomic E-state index is 0.476. The van der Waals surface area contributed by atoms with E-state index in [1.165, 1.54) is 49.9 Å². The molecule has 1 N–H and O–H groups in total. The van der Waals surface area contributed by atoms with Crippen LogP contribution >= 0.6 is 0 Å². The topological polar surface area (TPSA) is 15.3 Å². The molecule has 0 amide bonds. The summed E-state index contributed by atoms with van der Waals surface area (Å²) < 4.78 is 0. The molecule has 0 saturated heterocycles. The molecule has 2 nitrogen and oxygen atoms in total. The van der Waals surface area contributed by atoms with Gasteiger partial charge < -0.3 is 10.2 Å². The normalized spacial score (nSPS) is 17.5. The van der Waals surface area contributed by atoms with E-state index in [-0.39, 0.29) is 0 Å². The van der Waals surface area contributed by atoms with E-state index >= 15 is 0 Å². The number of benzene rings is 1. The molecule has 0 aromatic heterocycles. The Morgan fingerprint density at radius 3 is 2.47 bits per heavy atom. The van der Waals surface area contributed by atoms with E-state index in [9.17, 15) is 0 Å². The van der Waals surface area contributed by atoms with Gasteiger partial charge in [-0.3, -0.25) is 0 Å². The maximum atomic E-state index is 3.45. The van der Waals surface area contributed by atoms with Crippen LogP contribution in [-0.2, 0) is 0 Å². The third kappa shape index (κ3) is 4.32. The molecule has 2 rings (SSSR count). The Balaban J connectivity index is 1.79. The summed E-state index contributed by atoms with van der Waals surface area (Å²) in [5.41, 5.74) is 2.74. The molecule has 1 atom stereocenters. The zero-order chi connectivity index (χ0) is 13.7. The van der Waals surface area contributed by atoms with Crippen LogP contribution in [0, 0.1) is 12.8 Å². The summed E-state index contributed by atoms with van der Waals surface area (Å²) in [7, 11) is 4.33. The molecule has 1 aliphatic carbocycles. The van der Waals surface area contributed by atoms with Gasteiger partial charge >= 0.3 is 0 Å². The second-order valence-corrected chi connectivity index (χ2v) is 6.10.